The second kappa shape index (κ2) is 9.01. The van der Waals surface area contributed by atoms with Crippen LogP contribution in [0.15, 0.2) is 31.6 Å². The van der Waals surface area contributed by atoms with Crippen molar-refractivity contribution < 1.29 is 35.1 Å². The standard InChI is InChI=1S/C18H6F8N2S3/c1-3-5-7(19)11(23)15(12(24)8(5)20)29-17-27-28-18(31-17)30-16-13(25)9(21)6(4-2)10(22)14(16)26/h3-4H,1-2H2. The van der Waals surface area contributed by atoms with E-state index < -0.39 is 67.5 Å². The van der Waals surface area contributed by atoms with Gasteiger partial charge < -0.3 is 0 Å². The number of aromatic nitrogens is 2. The number of rotatable bonds is 6. The first-order valence-electron chi connectivity index (χ1n) is 7.78. The lowest BCUT2D eigenvalue weighted by atomic mass is 10.2. The van der Waals surface area contributed by atoms with Gasteiger partial charge in [0.05, 0.1) is 20.9 Å². The molecular weight excluding hydrogens is 492 g/mol. The largest absolute Gasteiger partial charge is 0.203 e. The SMILES string of the molecule is C=Cc1c(F)c(F)c(Sc2nnc(Sc3c(F)c(F)c(C=C)c(F)c3F)s2)c(F)c1F. The smallest absolute Gasteiger partial charge is 0.180 e. The van der Waals surface area contributed by atoms with Gasteiger partial charge in [-0.1, -0.05) is 60.2 Å². The molecule has 0 bridgehead atoms. The van der Waals surface area contributed by atoms with Gasteiger partial charge in [0.1, 0.15) is 0 Å². The van der Waals surface area contributed by atoms with E-state index in [4.69, 9.17) is 0 Å². The Balaban J connectivity index is 1.95. The van der Waals surface area contributed by atoms with Gasteiger partial charge in [-0.25, -0.2) is 35.1 Å². The van der Waals surface area contributed by atoms with Crippen molar-refractivity contribution in [2.45, 2.75) is 18.5 Å². The van der Waals surface area contributed by atoms with Gasteiger partial charge in [0.15, 0.2) is 55.2 Å². The second-order valence-corrected chi connectivity index (χ2v) is 8.94. The molecule has 0 spiro atoms. The van der Waals surface area contributed by atoms with Crippen LogP contribution < -0.4 is 0 Å². The monoisotopic (exact) mass is 498 g/mol. The zero-order valence-electron chi connectivity index (χ0n) is 14.7. The van der Waals surface area contributed by atoms with Crippen molar-refractivity contribution >= 4 is 47.0 Å². The van der Waals surface area contributed by atoms with Crippen LogP contribution in [0.25, 0.3) is 12.2 Å². The van der Waals surface area contributed by atoms with E-state index in [0.29, 0.717) is 23.5 Å². The molecule has 0 amide bonds. The van der Waals surface area contributed by atoms with Crippen LogP contribution in [0.4, 0.5) is 35.1 Å². The normalized spacial score (nSPS) is 11.1. The molecule has 0 saturated carbocycles. The van der Waals surface area contributed by atoms with E-state index in [-0.39, 0.29) is 32.2 Å². The fourth-order valence-corrected chi connectivity index (χ4v) is 5.26. The van der Waals surface area contributed by atoms with Crippen LogP contribution in [0.3, 0.4) is 0 Å². The number of halogens is 8. The van der Waals surface area contributed by atoms with Crippen molar-refractivity contribution in [1.82, 2.24) is 10.2 Å². The predicted molar refractivity (Wildman–Crippen MR) is 101 cm³/mol. The number of nitrogens with zero attached hydrogens (tertiary/aromatic N) is 2. The second-order valence-electron chi connectivity index (χ2n) is 5.44. The van der Waals surface area contributed by atoms with E-state index >= 15 is 0 Å². The van der Waals surface area contributed by atoms with Gasteiger partial charge >= 0.3 is 0 Å². The molecule has 0 aliphatic heterocycles. The van der Waals surface area contributed by atoms with Crippen molar-refractivity contribution in [1.29, 1.82) is 0 Å². The molecule has 31 heavy (non-hydrogen) atoms. The quantitative estimate of drug-likeness (QED) is 0.264. The van der Waals surface area contributed by atoms with Crippen LogP contribution in [0.1, 0.15) is 11.1 Å². The fourth-order valence-electron chi connectivity index (χ4n) is 2.25. The highest BCUT2D eigenvalue weighted by molar-refractivity contribution is 8.03. The van der Waals surface area contributed by atoms with Gasteiger partial charge in [0, 0.05) is 0 Å². The van der Waals surface area contributed by atoms with Crippen molar-refractivity contribution in [3.63, 3.8) is 0 Å². The summed E-state index contributed by atoms with van der Waals surface area (Å²) in [5.41, 5.74) is -1.99. The third kappa shape index (κ3) is 4.08. The van der Waals surface area contributed by atoms with Crippen LogP contribution in [0.5, 0.6) is 0 Å². The molecule has 1 heterocycles. The summed E-state index contributed by atoms with van der Waals surface area (Å²) in [4.78, 5) is -2.14. The van der Waals surface area contributed by atoms with Gasteiger partial charge in [0.2, 0.25) is 0 Å². The molecular formula is C18H6F8N2S3. The maximum absolute atomic E-state index is 14.1. The molecule has 162 valence electrons. The highest BCUT2D eigenvalue weighted by atomic mass is 32.2. The van der Waals surface area contributed by atoms with E-state index in [2.05, 4.69) is 23.4 Å². The Bertz CT molecular complexity index is 1080. The molecule has 0 saturated heterocycles. The maximum Gasteiger partial charge on any atom is 0.180 e. The lowest BCUT2D eigenvalue weighted by molar-refractivity contribution is 0.423. The molecule has 0 N–H and O–H groups in total. The topological polar surface area (TPSA) is 25.8 Å². The number of benzene rings is 2. The number of hydrogen-bond donors (Lipinski definition) is 0. The summed E-state index contributed by atoms with van der Waals surface area (Å²) in [5, 5.41) is 6.99. The van der Waals surface area contributed by atoms with Gasteiger partial charge in [-0.05, 0) is 0 Å². The van der Waals surface area contributed by atoms with E-state index in [9.17, 15) is 35.1 Å². The Kier molecular flexibility index (Phi) is 6.76. The Morgan fingerprint density at radius 2 is 0.839 bits per heavy atom. The van der Waals surface area contributed by atoms with Gasteiger partial charge in [-0.2, -0.15) is 0 Å². The van der Waals surface area contributed by atoms with Crippen LogP contribution in [0.2, 0.25) is 0 Å². The fraction of sp³-hybridized carbons (Fsp3) is 0. The third-order valence-corrected chi connectivity index (χ3v) is 6.84. The maximum atomic E-state index is 14.1. The number of hydrogen-bond acceptors (Lipinski definition) is 5. The molecule has 3 aromatic rings. The summed E-state index contributed by atoms with van der Waals surface area (Å²) >= 11 is 0.825. The third-order valence-electron chi connectivity index (χ3n) is 3.69. The minimum Gasteiger partial charge on any atom is -0.203 e. The summed E-state index contributed by atoms with van der Waals surface area (Å²) in [6.07, 6.45) is 1.20. The molecule has 0 fully saturated rings. The Morgan fingerprint density at radius 1 is 0.548 bits per heavy atom. The van der Waals surface area contributed by atoms with E-state index in [1.165, 1.54) is 0 Å². The highest BCUT2D eigenvalue weighted by Crippen LogP contribution is 2.42. The van der Waals surface area contributed by atoms with Gasteiger partial charge in [-0.15, -0.1) is 10.2 Å². The summed E-state index contributed by atoms with van der Waals surface area (Å²) in [7, 11) is 0. The Labute approximate surface area is 181 Å². The minimum atomic E-state index is -1.70. The molecule has 0 aliphatic rings. The minimum absolute atomic E-state index is 0.159. The van der Waals surface area contributed by atoms with E-state index in [1.54, 1.807) is 0 Å². The molecule has 13 heteroatoms. The Morgan fingerprint density at radius 3 is 1.10 bits per heavy atom. The van der Waals surface area contributed by atoms with Crippen molar-refractivity contribution in [2.75, 3.05) is 0 Å². The highest BCUT2D eigenvalue weighted by Gasteiger charge is 2.28. The molecule has 0 unspecified atom stereocenters. The molecule has 2 aromatic carbocycles. The summed E-state index contributed by atoms with van der Waals surface area (Å²) < 4.78 is 111. The van der Waals surface area contributed by atoms with E-state index in [1.807, 2.05) is 0 Å². The summed E-state index contributed by atoms with van der Waals surface area (Å²) in [6, 6.07) is 0. The molecule has 0 aliphatic carbocycles. The summed E-state index contributed by atoms with van der Waals surface area (Å²) in [6.45, 7) is 6.13. The van der Waals surface area contributed by atoms with E-state index in [0.717, 1.165) is 0 Å². The van der Waals surface area contributed by atoms with Gasteiger partial charge in [0.25, 0.3) is 0 Å². The van der Waals surface area contributed by atoms with Crippen LogP contribution in [-0.2, 0) is 0 Å². The zero-order chi connectivity index (χ0) is 23.0. The first-order chi connectivity index (χ1) is 14.6. The average molecular weight is 498 g/mol. The Hall–Kier alpha value is -2.38. The van der Waals surface area contributed by atoms with Gasteiger partial charge in [-0.3, -0.25) is 0 Å². The molecule has 0 radical (unpaired) electrons. The lowest BCUT2D eigenvalue weighted by Crippen LogP contribution is -2.02. The summed E-state index contributed by atoms with van der Waals surface area (Å²) in [5.74, 6) is -13.5. The average Bonchev–Trinajstić information content (AvgIpc) is 3.19. The molecule has 0 atom stereocenters. The van der Waals surface area contributed by atoms with Crippen molar-refractivity contribution in [3.05, 3.63) is 70.8 Å². The van der Waals surface area contributed by atoms with Crippen LogP contribution in [-0.4, -0.2) is 10.2 Å². The molecule has 1 aromatic heterocycles. The lowest BCUT2D eigenvalue weighted by Gasteiger charge is -2.08. The van der Waals surface area contributed by atoms with Crippen LogP contribution >= 0.6 is 34.9 Å². The molecule has 2 nitrogen and oxygen atoms in total. The van der Waals surface area contributed by atoms with Crippen molar-refractivity contribution in [3.8, 4) is 0 Å². The zero-order valence-corrected chi connectivity index (χ0v) is 17.2. The van der Waals surface area contributed by atoms with Crippen molar-refractivity contribution in [2.24, 2.45) is 0 Å². The first kappa shape index (κ1) is 23.3. The van der Waals surface area contributed by atoms with Crippen LogP contribution in [0, 0.1) is 46.5 Å². The molecule has 3 rings (SSSR count). The predicted octanol–water partition coefficient (Wildman–Crippen LogP) is 7.24. The first-order valence-corrected chi connectivity index (χ1v) is 10.2.